The van der Waals surface area contributed by atoms with Gasteiger partial charge in [0.15, 0.2) is 5.11 Å². The first-order chi connectivity index (χ1) is 15.3. The van der Waals surface area contributed by atoms with Crippen LogP contribution in [0.1, 0.15) is 28.7 Å². The summed E-state index contributed by atoms with van der Waals surface area (Å²) in [6, 6.07) is 16.7. The number of nitrogens with one attached hydrogen (secondary N) is 2. The Bertz CT molecular complexity index is 1120. The van der Waals surface area contributed by atoms with Gasteiger partial charge in [-0.05, 0) is 88.2 Å². The van der Waals surface area contributed by atoms with Crippen molar-refractivity contribution in [1.82, 2.24) is 20.1 Å². The third-order valence-electron chi connectivity index (χ3n) is 5.54. The van der Waals surface area contributed by atoms with Crippen LogP contribution in [0.5, 0.6) is 0 Å². The Kier molecular flexibility index (Phi) is 8.42. The maximum Gasteiger partial charge on any atom is 0.253 e. The van der Waals surface area contributed by atoms with Gasteiger partial charge in [0, 0.05) is 24.2 Å². The van der Waals surface area contributed by atoms with Crippen molar-refractivity contribution >= 4 is 28.2 Å². The van der Waals surface area contributed by atoms with Crippen molar-refractivity contribution in [3.8, 4) is 0 Å². The molecule has 0 aliphatic rings. The summed E-state index contributed by atoms with van der Waals surface area (Å²) in [6.07, 6.45) is 1.88. The van der Waals surface area contributed by atoms with Crippen LogP contribution in [0.15, 0.2) is 53.3 Å². The lowest BCUT2D eigenvalue weighted by Gasteiger charge is -2.26. The number of H-pyrrole nitrogens is 1. The zero-order chi connectivity index (χ0) is 23.1. The molecule has 0 saturated carbocycles. The molecule has 3 aromatic rings. The largest absolute Gasteiger partial charge is 0.363 e. The monoisotopic (exact) mass is 450 g/mol. The van der Waals surface area contributed by atoms with E-state index in [1.165, 1.54) is 11.1 Å². The normalized spacial score (nSPS) is 11.2. The fraction of sp³-hybridized carbons (Fsp3) is 0.385. The molecule has 0 radical (unpaired) electrons. The number of aromatic amines is 1. The molecule has 5 nitrogen and oxygen atoms in total. The summed E-state index contributed by atoms with van der Waals surface area (Å²) in [6.45, 7) is 7.17. The average Bonchev–Trinajstić information content (AvgIpc) is 2.74. The number of pyridine rings is 1. The van der Waals surface area contributed by atoms with Gasteiger partial charge in [-0.2, -0.15) is 0 Å². The van der Waals surface area contributed by atoms with Crippen molar-refractivity contribution in [2.75, 3.05) is 33.7 Å². The average molecular weight is 451 g/mol. The number of rotatable bonds is 9. The molecule has 0 aliphatic heterocycles. The van der Waals surface area contributed by atoms with Crippen LogP contribution in [-0.4, -0.2) is 53.6 Å². The van der Waals surface area contributed by atoms with E-state index in [9.17, 15) is 4.79 Å². The molecule has 1 aromatic heterocycles. The van der Waals surface area contributed by atoms with Crippen LogP contribution < -0.4 is 10.9 Å². The first-order valence-electron chi connectivity index (χ1n) is 11.2. The topological polar surface area (TPSA) is 51.4 Å². The lowest BCUT2D eigenvalue weighted by atomic mass is 10.1. The van der Waals surface area contributed by atoms with Crippen molar-refractivity contribution in [2.45, 2.75) is 33.2 Å². The number of hydrogen-bond acceptors (Lipinski definition) is 3. The molecule has 1 heterocycles. The van der Waals surface area contributed by atoms with Crippen LogP contribution >= 0.6 is 12.2 Å². The lowest BCUT2D eigenvalue weighted by Crippen LogP contribution is -2.42. The van der Waals surface area contributed by atoms with Crippen molar-refractivity contribution < 1.29 is 0 Å². The van der Waals surface area contributed by atoms with Gasteiger partial charge in [-0.25, -0.2) is 0 Å². The predicted octanol–water partition coefficient (Wildman–Crippen LogP) is 4.02. The minimum Gasteiger partial charge on any atom is -0.363 e. The standard InChI is InChI=1S/C26H34N4OS/c1-19-7-5-8-21(15-19)11-14-30(26(32)27-12-6-13-29(3)4)18-23-17-22-10-9-20(2)16-24(22)28-25(23)31/h5,7-10,15-17H,6,11-14,18H2,1-4H3,(H,27,32)(H,28,31). The number of aromatic nitrogens is 1. The van der Waals surface area contributed by atoms with Crippen molar-refractivity contribution in [3.05, 3.63) is 81.1 Å². The van der Waals surface area contributed by atoms with E-state index in [1.54, 1.807) is 0 Å². The van der Waals surface area contributed by atoms with E-state index in [1.807, 2.05) is 19.1 Å². The third-order valence-corrected chi connectivity index (χ3v) is 5.94. The summed E-state index contributed by atoms with van der Waals surface area (Å²) in [5, 5.41) is 5.12. The van der Waals surface area contributed by atoms with Gasteiger partial charge in [0.05, 0.1) is 6.54 Å². The van der Waals surface area contributed by atoms with E-state index in [2.05, 4.69) is 77.5 Å². The molecule has 0 atom stereocenters. The smallest absolute Gasteiger partial charge is 0.253 e. The number of aryl methyl sites for hydroxylation is 2. The summed E-state index contributed by atoms with van der Waals surface area (Å²) < 4.78 is 0. The Morgan fingerprint density at radius 3 is 2.56 bits per heavy atom. The van der Waals surface area contributed by atoms with E-state index < -0.39 is 0 Å². The Labute approximate surface area is 196 Å². The summed E-state index contributed by atoms with van der Waals surface area (Å²) >= 11 is 5.74. The summed E-state index contributed by atoms with van der Waals surface area (Å²) in [5.74, 6) is 0. The molecule has 0 fully saturated rings. The number of hydrogen-bond donors (Lipinski definition) is 2. The highest BCUT2D eigenvalue weighted by Crippen LogP contribution is 2.15. The molecule has 32 heavy (non-hydrogen) atoms. The highest BCUT2D eigenvalue weighted by Gasteiger charge is 2.14. The minimum atomic E-state index is -0.0564. The highest BCUT2D eigenvalue weighted by atomic mass is 32.1. The maximum absolute atomic E-state index is 12.8. The van der Waals surface area contributed by atoms with Gasteiger partial charge in [-0.3, -0.25) is 4.79 Å². The van der Waals surface area contributed by atoms with Gasteiger partial charge in [-0.15, -0.1) is 0 Å². The molecule has 0 saturated heterocycles. The van der Waals surface area contributed by atoms with Gasteiger partial charge in [0.2, 0.25) is 0 Å². The van der Waals surface area contributed by atoms with Crippen LogP contribution in [0.25, 0.3) is 10.9 Å². The van der Waals surface area contributed by atoms with Gasteiger partial charge >= 0.3 is 0 Å². The molecule has 0 bridgehead atoms. The fourth-order valence-electron chi connectivity index (χ4n) is 3.77. The van der Waals surface area contributed by atoms with E-state index in [-0.39, 0.29) is 5.56 Å². The van der Waals surface area contributed by atoms with Gasteiger partial charge in [-0.1, -0.05) is 42.0 Å². The first kappa shape index (κ1) is 24.0. The number of benzene rings is 2. The highest BCUT2D eigenvalue weighted by molar-refractivity contribution is 7.80. The Balaban J connectivity index is 1.77. The molecule has 3 rings (SSSR count). The van der Waals surface area contributed by atoms with Crippen LogP contribution in [-0.2, 0) is 13.0 Å². The molecule has 6 heteroatoms. The van der Waals surface area contributed by atoms with E-state index in [0.717, 1.165) is 54.5 Å². The summed E-state index contributed by atoms with van der Waals surface area (Å²) in [4.78, 5) is 20.1. The lowest BCUT2D eigenvalue weighted by molar-refractivity contribution is 0.388. The molecular formula is C26H34N4OS. The number of nitrogens with zero attached hydrogens (tertiary/aromatic N) is 2. The van der Waals surface area contributed by atoms with Gasteiger partial charge < -0.3 is 20.1 Å². The van der Waals surface area contributed by atoms with Gasteiger partial charge in [0.1, 0.15) is 0 Å². The minimum absolute atomic E-state index is 0.0564. The Hall–Kier alpha value is -2.70. The second kappa shape index (κ2) is 11.2. The second-order valence-electron chi connectivity index (χ2n) is 8.76. The molecule has 2 N–H and O–H groups in total. The van der Waals surface area contributed by atoms with Crippen molar-refractivity contribution in [3.63, 3.8) is 0 Å². The third kappa shape index (κ3) is 6.90. The number of thiocarbonyl (C=S) groups is 1. The van der Waals surface area contributed by atoms with Crippen LogP contribution in [0.2, 0.25) is 0 Å². The van der Waals surface area contributed by atoms with Gasteiger partial charge in [0.25, 0.3) is 5.56 Å². The zero-order valence-electron chi connectivity index (χ0n) is 19.6. The van der Waals surface area contributed by atoms with E-state index in [4.69, 9.17) is 12.2 Å². The predicted molar refractivity (Wildman–Crippen MR) is 138 cm³/mol. The second-order valence-corrected chi connectivity index (χ2v) is 9.15. The van der Waals surface area contributed by atoms with E-state index in [0.29, 0.717) is 11.7 Å². The Morgan fingerprint density at radius 1 is 1.03 bits per heavy atom. The van der Waals surface area contributed by atoms with E-state index >= 15 is 0 Å². The maximum atomic E-state index is 12.8. The molecule has 0 amide bonds. The quantitative estimate of drug-likeness (QED) is 0.381. The summed E-state index contributed by atoms with van der Waals surface area (Å²) in [7, 11) is 4.14. The zero-order valence-corrected chi connectivity index (χ0v) is 20.4. The first-order valence-corrected chi connectivity index (χ1v) is 11.6. The molecule has 170 valence electrons. The number of fused-ring (bicyclic) bond motifs is 1. The van der Waals surface area contributed by atoms with Crippen LogP contribution in [0.4, 0.5) is 0 Å². The molecule has 2 aromatic carbocycles. The SMILES string of the molecule is Cc1cccc(CCN(Cc2cc3ccc(C)cc3[nH]c2=O)C(=S)NCCCN(C)C)c1. The van der Waals surface area contributed by atoms with Crippen LogP contribution in [0.3, 0.4) is 0 Å². The summed E-state index contributed by atoms with van der Waals surface area (Å²) in [5.41, 5.74) is 5.19. The molecule has 0 unspecified atom stereocenters. The van der Waals surface area contributed by atoms with Crippen LogP contribution in [0, 0.1) is 13.8 Å². The fourth-order valence-corrected chi connectivity index (χ4v) is 4.03. The molecular weight excluding hydrogens is 416 g/mol. The Morgan fingerprint density at radius 2 is 1.81 bits per heavy atom. The molecule has 0 spiro atoms. The van der Waals surface area contributed by atoms with Crippen molar-refractivity contribution in [2.24, 2.45) is 0 Å². The van der Waals surface area contributed by atoms with Crippen molar-refractivity contribution in [1.29, 1.82) is 0 Å². The molecule has 0 aliphatic carbocycles.